The van der Waals surface area contributed by atoms with Gasteiger partial charge in [-0.15, -0.1) is 0 Å². The molecular weight excluding hydrogens is 496 g/mol. The minimum atomic E-state index is -1.12. The zero-order chi connectivity index (χ0) is 27.6. The summed E-state index contributed by atoms with van der Waals surface area (Å²) in [6.45, 7) is 0. The molecule has 0 aromatic heterocycles. The molecule has 0 bridgehead atoms. The molecule has 1 aliphatic heterocycles. The molecule has 8 heteroatoms. The van der Waals surface area contributed by atoms with Crippen LogP contribution in [0.2, 0.25) is 0 Å². The number of nitrogens with one attached hydrogen (secondary N) is 1. The van der Waals surface area contributed by atoms with Crippen LogP contribution in [0, 0.1) is 5.41 Å². The van der Waals surface area contributed by atoms with E-state index in [9.17, 15) is 24.3 Å². The van der Waals surface area contributed by atoms with Gasteiger partial charge >= 0.3 is 5.97 Å². The van der Waals surface area contributed by atoms with Crippen molar-refractivity contribution in [1.82, 2.24) is 5.32 Å². The Hall–Kier alpha value is -4.46. The number of methoxy groups -OCH3 is 1. The van der Waals surface area contributed by atoms with Crippen molar-refractivity contribution in [2.24, 2.45) is 5.41 Å². The summed E-state index contributed by atoms with van der Waals surface area (Å²) < 4.78 is 5.23. The van der Waals surface area contributed by atoms with Crippen molar-refractivity contribution < 1.29 is 29.0 Å². The van der Waals surface area contributed by atoms with Gasteiger partial charge in [-0.05, 0) is 66.8 Å². The topological polar surface area (TPSA) is 113 Å². The van der Waals surface area contributed by atoms with Crippen LogP contribution in [0.5, 0.6) is 5.75 Å². The van der Waals surface area contributed by atoms with Gasteiger partial charge in [-0.2, -0.15) is 0 Å². The zero-order valence-corrected chi connectivity index (χ0v) is 21.7. The lowest BCUT2D eigenvalue weighted by Gasteiger charge is -2.30. The molecule has 2 N–H and O–H groups in total. The molecule has 2 aliphatic rings. The van der Waals surface area contributed by atoms with Gasteiger partial charge in [0, 0.05) is 6.42 Å². The summed E-state index contributed by atoms with van der Waals surface area (Å²) in [5.41, 5.74) is 2.14. The van der Waals surface area contributed by atoms with E-state index >= 15 is 0 Å². The molecular formula is C31H30N2O6. The van der Waals surface area contributed by atoms with E-state index in [4.69, 9.17) is 4.74 Å². The minimum Gasteiger partial charge on any atom is -0.497 e. The average Bonchev–Trinajstić information content (AvgIpc) is 3.52. The molecule has 1 atom stereocenters. The number of hydrogen-bond donors (Lipinski definition) is 2. The summed E-state index contributed by atoms with van der Waals surface area (Å²) in [7, 11) is 1.60. The molecule has 3 aromatic rings. The molecule has 39 heavy (non-hydrogen) atoms. The van der Waals surface area contributed by atoms with E-state index < -0.39 is 29.2 Å². The van der Waals surface area contributed by atoms with Crippen LogP contribution in [0.4, 0.5) is 5.69 Å². The SMILES string of the molecule is COc1ccc(CC2(C(=O)NC(Cc3ccc(N4C(=O)c5ccccc5C4=O)cc3)C(=O)O)CCCC2)cc1. The molecule has 1 saturated carbocycles. The molecule has 3 amide bonds. The summed E-state index contributed by atoms with van der Waals surface area (Å²) in [5.74, 6) is -1.41. The van der Waals surface area contributed by atoms with E-state index in [-0.39, 0.29) is 12.3 Å². The number of nitrogens with zero attached hydrogens (tertiary/aromatic N) is 1. The molecule has 1 aliphatic carbocycles. The second-order valence-corrected chi connectivity index (χ2v) is 10.2. The lowest BCUT2D eigenvalue weighted by Crippen LogP contribution is -2.49. The fourth-order valence-electron chi connectivity index (χ4n) is 5.62. The van der Waals surface area contributed by atoms with Gasteiger partial charge in [0.25, 0.3) is 11.8 Å². The fourth-order valence-corrected chi connectivity index (χ4v) is 5.62. The van der Waals surface area contributed by atoms with Crippen LogP contribution in [-0.4, -0.2) is 41.9 Å². The zero-order valence-electron chi connectivity index (χ0n) is 21.7. The summed E-state index contributed by atoms with van der Waals surface area (Å²) in [6, 6.07) is 19.8. The maximum absolute atomic E-state index is 13.5. The maximum Gasteiger partial charge on any atom is 0.326 e. The Morgan fingerprint density at radius 3 is 2.00 bits per heavy atom. The maximum atomic E-state index is 13.5. The lowest BCUT2D eigenvalue weighted by molar-refractivity contribution is -0.143. The van der Waals surface area contributed by atoms with Gasteiger partial charge in [-0.3, -0.25) is 14.4 Å². The van der Waals surface area contributed by atoms with Crippen LogP contribution in [0.3, 0.4) is 0 Å². The first-order valence-corrected chi connectivity index (χ1v) is 13.0. The Morgan fingerprint density at radius 2 is 1.46 bits per heavy atom. The van der Waals surface area contributed by atoms with Crippen LogP contribution < -0.4 is 15.0 Å². The van der Waals surface area contributed by atoms with E-state index in [2.05, 4.69) is 5.32 Å². The number of aliphatic carboxylic acids is 1. The third kappa shape index (κ3) is 5.14. The van der Waals surface area contributed by atoms with Crippen molar-refractivity contribution in [2.75, 3.05) is 12.0 Å². The van der Waals surface area contributed by atoms with Crippen molar-refractivity contribution in [3.63, 3.8) is 0 Å². The highest BCUT2D eigenvalue weighted by Crippen LogP contribution is 2.41. The third-order valence-electron chi connectivity index (χ3n) is 7.78. The predicted molar refractivity (Wildman–Crippen MR) is 145 cm³/mol. The average molecular weight is 527 g/mol. The first-order valence-electron chi connectivity index (χ1n) is 13.0. The van der Waals surface area contributed by atoms with E-state index in [0.717, 1.165) is 29.1 Å². The van der Waals surface area contributed by atoms with Crippen molar-refractivity contribution in [2.45, 2.75) is 44.6 Å². The molecule has 200 valence electrons. The van der Waals surface area contributed by atoms with Crippen LogP contribution >= 0.6 is 0 Å². The summed E-state index contributed by atoms with van der Waals surface area (Å²) in [5, 5.41) is 12.7. The first kappa shape index (κ1) is 26.2. The highest BCUT2D eigenvalue weighted by molar-refractivity contribution is 6.34. The summed E-state index contributed by atoms with van der Waals surface area (Å²) in [4.78, 5) is 52.3. The Balaban J connectivity index is 1.28. The monoisotopic (exact) mass is 526 g/mol. The van der Waals surface area contributed by atoms with Crippen molar-refractivity contribution >= 4 is 29.4 Å². The number of ether oxygens (including phenoxy) is 1. The number of benzene rings is 3. The third-order valence-corrected chi connectivity index (χ3v) is 7.78. The minimum absolute atomic E-state index is 0.0715. The molecule has 5 rings (SSSR count). The predicted octanol–water partition coefficient (Wildman–Crippen LogP) is 4.41. The smallest absolute Gasteiger partial charge is 0.326 e. The van der Waals surface area contributed by atoms with E-state index in [1.165, 1.54) is 0 Å². The second kappa shape index (κ2) is 10.7. The lowest BCUT2D eigenvalue weighted by atomic mass is 9.78. The molecule has 0 radical (unpaired) electrons. The number of amides is 3. The van der Waals surface area contributed by atoms with Crippen molar-refractivity contribution in [3.05, 3.63) is 95.1 Å². The molecule has 3 aromatic carbocycles. The van der Waals surface area contributed by atoms with E-state index in [1.54, 1.807) is 55.6 Å². The Morgan fingerprint density at radius 1 is 0.897 bits per heavy atom. The largest absolute Gasteiger partial charge is 0.497 e. The number of carboxylic acids is 1. The molecule has 0 spiro atoms. The van der Waals surface area contributed by atoms with Crippen LogP contribution in [0.1, 0.15) is 57.5 Å². The Labute approximate surface area is 226 Å². The summed E-state index contributed by atoms with van der Waals surface area (Å²) in [6.07, 6.45) is 3.84. The first-order chi connectivity index (χ1) is 18.8. The number of rotatable bonds is 9. The highest BCUT2D eigenvalue weighted by Gasteiger charge is 2.42. The standard InChI is InChI=1S/C31H30N2O6/c1-39-23-14-10-21(11-15-23)19-31(16-4-5-17-31)30(38)32-26(29(36)37)18-20-8-12-22(13-9-20)33-27(34)24-6-2-3-7-25(24)28(33)35/h2-3,6-15,26H,4-5,16-19H2,1H3,(H,32,38)(H,36,37). The Kier molecular flexibility index (Phi) is 7.19. The number of carboxylic acid groups (broad SMARTS) is 1. The van der Waals surface area contributed by atoms with Gasteiger partial charge in [0.2, 0.25) is 5.91 Å². The van der Waals surface area contributed by atoms with Gasteiger partial charge in [0.15, 0.2) is 0 Å². The number of imide groups is 1. The van der Waals surface area contributed by atoms with Gasteiger partial charge in [-0.1, -0.05) is 49.2 Å². The van der Waals surface area contributed by atoms with Crippen LogP contribution in [0.25, 0.3) is 0 Å². The molecule has 1 unspecified atom stereocenters. The Bertz CT molecular complexity index is 1370. The highest BCUT2D eigenvalue weighted by atomic mass is 16.5. The normalized spacial score (nSPS) is 16.6. The van der Waals surface area contributed by atoms with Gasteiger partial charge in [-0.25, -0.2) is 9.69 Å². The second-order valence-electron chi connectivity index (χ2n) is 10.2. The van der Waals surface area contributed by atoms with Crippen molar-refractivity contribution in [3.8, 4) is 5.75 Å². The van der Waals surface area contributed by atoms with Gasteiger partial charge in [0.1, 0.15) is 11.8 Å². The fraction of sp³-hybridized carbons (Fsp3) is 0.290. The van der Waals surface area contributed by atoms with Crippen molar-refractivity contribution in [1.29, 1.82) is 0 Å². The number of hydrogen-bond acceptors (Lipinski definition) is 5. The molecule has 1 heterocycles. The molecule has 1 fully saturated rings. The summed E-state index contributed by atoms with van der Waals surface area (Å²) >= 11 is 0. The van der Waals surface area contributed by atoms with Crippen LogP contribution in [-0.2, 0) is 22.4 Å². The molecule has 8 nitrogen and oxygen atoms in total. The molecule has 0 saturated heterocycles. The number of anilines is 1. The van der Waals surface area contributed by atoms with E-state index in [1.807, 2.05) is 24.3 Å². The van der Waals surface area contributed by atoms with Gasteiger partial charge in [0.05, 0.1) is 29.3 Å². The quantitative estimate of drug-likeness (QED) is 0.400. The van der Waals surface area contributed by atoms with E-state index in [0.29, 0.717) is 41.6 Å². The number of fused-ring (bicyclic) bond motifs is 1. The van der Waals surface area contributed by atoms with Gasteiger partial charge < -0.3 is 15.2 Å². The number of carbonyl (C=O) groups is 4. The van der Waals surface area contributed by atoms with Crippen LogP contribution in [0.15, 0.2) is 72.8 Å². The number of carbonyl (C=O) groups excluding carboxylic acids is 3.